The fraction of sp³-hybridized carbons (Fsp3) is 0.0800. The highest BCUT2D eigenvalue weighted by Gasteiger charge is 2.14. The molecule has 1 aromatic heterocycles. The Morgan fingerprint density at radius 1 is 1.00 bits per heavy atom. The molecular weight excluding hydrogens is 420 g/mol. The minimum absolute atomic E-state index is 0.230. The summed E-state index contributed by atoms with van der Waals surface area (Å²) in [5, 5.41) is 15.7. The Kier molecular flexibility index (Phi) is 6.47. The van der Waals surface area contributed by atoms with Gasteiger partial charge >= 0.3 is 6.03 Å². The molecule has 0 aliphatic rings. The van der Waals surface area contributed by atoms with Crippen LogP contribution in [0.4, 0.5) is 10.5 Å². The van der Waals surface area contributed by atoms with Gasteiger partial charge in [-0.1, -0.05) is 36.4 Å². The molecule has 3 amide bonds. The van der Waals surface area contributed by atoms with Crippen LogP contribution in [0.3, 0.4) is 0 Å². The van der Waals surface area contributed by atoms with Crippen molar-refractivity contribution in [3.05, 3.63) is 90.1 Å². The van der Waals surface area contributed by atoms with E-state index in [4.69, 9.17) is 9.94 Å². The number of nitrogens with one attached hydrogen (secondary N) is 3. The monoisotopic (exact) mass is 442 g/mol. The number of urea groups is 1. The number of carbonyl (C=O) groups excluding carboxylic acids is 2. The zero-order valence-corrected chi connectivity index (χ0v) is 17.8. The summed E-state index contributed by atoms with van der Waals surface area (Å²) in [6, 6.07) is 21.3. The zero-order valence-electron chi connectivity index (χ0n) is 17.8. The molecule has 0 aliphatic carbocycles. The largest absolute Gasteiger partial charge is 0.497 e. The van der Waals surface area contributed by atoms with Gasteiger partial charge in [-0.3, -0.25) is 15.0 Å². The van der Waals surface area contributed by atoms with E-state index in [0.29, 0.717) is 28.1 Å². The van der Waals surface area contributed by atoms with Crippen LogP contribution in [0.15, 0.2) is 79.0 Å². The summed E-state index contributed by atoms with van der Waals surface area (Å²) in [4.78, 5) is 29.0. The highest BCUT2D eigenvalue weighted by atomic mass is 16.5. The van der Waals surface area contributed by atoms with Crippen molar-refractivity contribution in [2.45, 2.75) is 6.54 Å². The maximum atomic E-state index is 12.5. The predicted molar refractivity (Wildman–Crippen MR) is 125 cm³/mol. The lowest BCUT2D eigenvalue weighted by Crippen LogP contribution is -2.28. The van der Waals surface area contributed by atoms with E-state index >= 15 is 0 Å². The second-order valence-corrected chi connectivity index (χ2v) is 7.24. The van der Waals surface area contributed by atoms with Gasteiger partial charge in [-0.15, -0.1) is 0 Å². The van der Waals surface area contributed by atoms with Crippen molar-refractivity contribution in [2.24, 2.45) is 0 Å². The Morgan fingerprint density at radius 2 is 1.79 bits per heavy atom. The normalized spacial score (nSPS) is 10.5. The van der Waals surface area contributed by atoms with Crippen LogP contribution in [0.1, 0.15) is 15.9 Å². The molecule has 4 N–H and O–H groups in total. The van der Waals surface area contributed by atoms with E-state index in [9.17, 15) is 9.59 Å². The Morgan fingerprint density at radius 3 is 2.55 bits per heavy atom. The van der Waals surface area contributed by atoms with E-state index in [-0.39, 0.29) is 12.6 Å². The predicted octanol–water partition coefficient (Wildman–Crippen LogP) is 4.35. The molecule has 8 nitrogen and oxygen atoms in total. The van der Waals surface area contributed by atoms with Gasteiger partial charge in [-0.25, -0.2) is 10.3 Å². The van der Waals surface area contributed by atoms with Gasteiger partial charge in [0.2, 0.25) is 0 Å². The van der Waals surface area contributed by atoms with E-state index in [2.05, 4.69) is 15.6 Å². The number of rotatable bonds is 6. The third-order valence-corrected chi connectivity index (χ3v) is 5.17. The molecule has 0 aliphatic heterocycles. The Hall–Kier alpha value is -4.43. The first-order chi connectivity index (χ1) is 16.1. The Labute approximate surface area is 190 Å². The van der Waals surface area contributed by atoms with E-state index in [0.717, 1.165) is 16.5 Å². The minimum Gasteiger partial charge on any atom is -0.497 e. The lowest BCUT2D eigenvalue weighted by molar-refractivity contribution is 0.0707. The maximum Gasteiger partial charge on any atom is 0.319 e. The molecule has 0 spiro atoms. The number of para-hydroxylation sites is 1. The highest BCUT2D eigenvalue weighted by molar-refractivity contribution is 6.01. The third kappa shape index (κ3) is 4.91. The number of methoxy groups -OCH3 is 1. The standard InChI is InChI=1S/C25H22N4O4/c1-33-19-10-8-17(9-11-19)21-14-16(7-12-20(21)24(30)29-32)15-27-25(31)28-22-6-2-4-18-5-3-13-26-23(18)22/h2-14,32H,15H2,1H3,(H,29,30)(H2,27,28,31). The van der Waals surface area contributed by atoms with Crippen molar-refractivity contribution >= 4 is 28.5 Å². The molecule has 3 aromatic carbocycles. The quantitative estimate of drug-likeness (QED) is 0.262. The van der Waals surface area contributed by atoms with Gasteiger partial charge in [0.25, 0.3) is 5.91 Å². The van der Waals surface area contributed by atoms with Gasteiger partial charge in [0.1, 0.15) is 5.75 Å². The van der Waals surface area contributed by atoms with Gasteiger partial charge in [0.05, 0.1) is 18.3 Å². The van der Waals surface area contributed by atoms with Crippen molar-refractivity contribution in [2.75, 3.05) is 12.4 Å². The second kappa shape index (κ2) is 9.80. The number of hydrogen-bond acceptors (Lipinski definition) is 5. The molecule has 0 atom stereocenters. The van der Waals surface area contributed by atoms with Crippen molar-refractivity contribution < 1.29 is 19.5 Å². The molecule has 0 unspecified atom stereocenters. The van der Waals surface area contributed by atoms with Gasteiger partial charge in [-0.2, -0.15) is 0 Å². The molecule has 33 heavy (non-hydrogen) atoms. The summed E-state index contributed by atoms with van der Waals surface area (Å²) in [6.45, 7) is 0.230. The van der Waals surface area contributed by atoms with Gasteiger partial charge in [0.15, 0.2) is 0 Å². The first-order valence-corrected chi connectivity index (χ1v) is 10.2. The lowest BCUT2D eigenvalue weighted by atomic mass is 9.96. The fourth-order valence-corrected chi connectivity index (χ4v) is 3.52. The number of fused-ring (bicyclic) bond motifs is 1. The van der Waals surface area contributed by atoms with Crippen molar-refractivity contribution in [3.63, 3.8) is 0 Å². The van der Waals surface area contributed by atoms with E-state index in [1.807, 2.05) is 36.4 Å². The van der Waals surface area contributed by atoms with Crippen molar-refractivity contribution in [3.8, 4) is 16.9 Å². The first-order valence-electron chi connectivity index (χ1n) is 10.2. The number of hydroxylamine groups is 1. The molecule has 4 aromatic rings. The van der Waals surface area contributed by atoms with Crippen LogP contribution >= 0.6 is 0 Å². The summed E-state index contributed by atoms with van der Waals surface area (Å²) >= 11 is 0. The van der Waals surface area contributed by atoms with Crippen molar-refractivity contribution in [1.82, 2.24) is 15.8 Å². The van der Waals surface area contributed by atoms with Crippen LogP contribution in [0, 0.1) is 0 Å². The number of aromatic nitrogens is 1. The van der Waals surface area contributed by atoms with Gasteiger partial charge < -0.3 is 15.4 Å². The number of amides is 3. The lowest BCUT2D eigenvalue weighted by Gasteiger charge is -2.13. The molecule has 166 valence electrons. The number of ether oxygens (including phenoxy) is 1. The van der Waals surface area contributed by atoms with E-state index < -0.39 is 5.91 Å². The van der Waals surface area contributed by atoms with Crippen LogP contribution in [0.2, 0.25) is 0 Å². The molecule has 1 heterocycles. The number of benzene rings is 3. The summed E-state index contributed by atoms with van der Waals surface area (Å²) in [5.74, 6) is 0.0610. The average Bonchev–Trinajstić information content (AvgIpc) is 2.87. The minimum atomic E-state index is -0.624. The second-order valence-electron chi connectivity index (χ2n) is 7.24. The summed E-state index contributed by atoms with van der Waals surface area (Å²) in [5.41, 5.74) is 5.45. The van der Waals surface area contributed by atoms with Gasteiger partial charge in [0, 0.05) is 23.7 Å². The number of hydrogen-bond donors (Lipinski definition) is 4. The maximum absolute atomic E-state index is 12.5. The number of carbonyl (C=O) groups is 2. The number of anilines is 1. The molecule has 0 saturated carbocycles. The van der Waals surface area contributed by atoms with Crippen LogP contribution < -0.4 is 20.9 Å². The number of nitrogens with zero attached hydrogens (tertiary/aromatic N) is 1. The molecule has 0 fully saturated rings. The summed E-state index contributed by atoms with van der Waals surface area (Å²) in [7, 11) is 1.57. The smallest absolute Gasteiger partial charge is 0.319 e. The molecule has 0 saturated heterocycles. The van der Waals surface area contributed by atoms with Crippen LogP contribution in [-0.4, -0.2) is 29.2 Å². The van der Waals surface area contributed by atoms with Crippen LogP contribution in [0.5, 0.6) is 5.75 Å². The molecule has 4 rings (SSSR count). The molecular formula is C25H22N4O4. The summed E-state index contributed by atoms with van der Waals surface area (Å²) < 4.78 is 5.19. The highest BCUT2D eigenvalue weighted by Crippen LogP contribution is 2.27. The molecule has 0 bridgehead atoms. The molecule has 0 radical (unpaired) electrons. The topological polar surface area (TPSA) is 113 Å². The molecule has 8 heteroatoms. The number of pyridine rings is 1. The zero-order chi connectivity index (χ0) is 23.2. The van der Waals surface area contributed by atoms with E-state index in [1.54, 1.807) is 55.2 Å². The first kappa shape index (κ1) is 21.8. The van der Waals surface area contributed by atoms with Gasteiger partial charge in [-0.05, 0) is 53.1 Å². The third-order valence-electron chi connectivity index (χ3n) is 5.17. The van der Waals surface area contributed by atoms with Crippen LogP contribution in [0.25, 0.3) is 22.0 Å². The SMILES string of the molecule is COc1ccc(-c2cc(CNC(=O)Nc3cccc4cccnc34)ccc2C(=O)NO)cc1. The Balaban J connectivity index is 1.52. The Bertz CT molecular complexity index is 1300. The van der Waals surface area contributed by atoms with Crippen molar-refractivity contribution in [1.29, 1.82) is 0 Å². The fourth-order valence-electron chi connectivity index (χ4n) is 3.52. The van der Waals surface area contributed by atoms with E-state index in [1.165, 1.54) is 0 Å². The average molecular weight is 442 g/mol. The summed E-state index contributed by atoms with van der Waals surface area (Å²) in [6.07, 6.45) is 1.68. The van der Waals surface area contributed by atoms with Crippen LogP contribution in [-0.2, 0) is 6.54 Å².